The normalized spacial score (nSPS) is 15.0. The Morgan fingerprint density at radius 2 is 2.00 bits per heavy atom. The summed E-state index contributed by atoms with van der Waals surface area (Å²) in [4.78, 5) is 13.8. The number of hydrogen-bond donors (Lipinski definition) is 0. The van der Waals surface area contributed by atoms with Gasteiger partial charge in [-0.3, -0.25) is 4.79 Å². The van der Waals surface area contributed by atoms with Crippen molar-refractivity contribution in [1.82, 2.24) is 15.1 Å². The number of carbonyl (C=O) groups excluding carboxylic acids is 1. The maximum absolute atomic E-state index is 13.6. The first kappa shape index (κ1) is 14.6. The second-order valence-electron chi connectivity index (χ2n) is 4.97. The van der Waals surface area contributed by atoms with Crippen LogP contribution in [0.4, 0.5) is 4.39 Å². The van der Waals surface area contributed by atoms with Gasteiger partial charge in [-0.1, -0.05) is 12.1 Å². The summed E-state index contributed by atoms with van der Waals surface area (Å²) in [6.07, 6.45) is 0.635. The molecule has 0 bridgehead atoms. The minimum Gasteiger partial charge on any atom is -0.421 e. The van der Waals surface area contributed by atoms with Gasteiger partial charge >= 0.3 is 0 Å². The molecule has 0 radical (unpaired) electrons. The van der Waals surface area contributed by atoms with Crippen molar-refractivity contribution in [2.75, 3.05) is 26.3 Å². The Labute approximate surface area is 126 Å². The summed E-state index contributed by atoms with van der Waals surface area (Å²) in [7, 11) is 0. The Hall–Kier alpha value is -2.28. The van der Waals surface area contributed by atoms with E-state index >= 15 is 0 Å². The highest BCUT2D eigenvalue weighted by Gasteiger charge is 2.18. The zero-order valence-electron chi connectivity index (χ0n) is 12.0. The zero-order chi connectivity index (χ0) is 15.4. The molecule has 0 atom stereocenters. The molecule has 1 aromatic carbocycles. The van der Waals surface area contributed by atoms with E-state index in [1.54, 1.807) is 23.1 Å². The molecule has 0 saturated carbocycles. The molecule has 0 N–H and O–H groups in total. The van der Waals surface area contributed by atoms with E-state index < -0.39 is 5.82 Å². The molecule has 0 aliphatic carbocycles. The fourth-order valence-corrected chi connectivity index (χ4v) is 2.28. The molecular weight excluding hydrogens is 289 g/mol. The average Bonchev–Trinajstić information content (AvgIpc) is 3.02. The Morgan fingerprint density at radius 1 is 1.23 bits per heavy atom. The van der Waals surface area contributed by atoms with E-state index in [1.165, 1.54) is 6.07 Å². The largest absolute Gasteiger partial charge is 0.421 e. The second-order valence-corrected chi connectivity index (χ2v) is 4.97. The molecular formula is C15H16FN3O3. The molecule has 7 heteroatoms. The van der Waals surface area contributed by atoms with Gasteiger partial charge in [0, 0.05) is 25.9 Å². The lowest BCUT2D eigenvalue weighted by atomic mass is 10.2. The third kappa shape index (κ3) is 3.30. The molecule has 1 aliphatic rings. The molecule has 6 nitrogen and oxygen atoms in total. The summed E-state index contributed by atoms with van der Waals surface area (Å²) in [5.41, 5.74) is 0.265. The maximum atomic E-state index is 13.6. The summed E-state index contributed by atoms with van der Waals surface area (Å²) in [5.74, 6) is 0.0859. The molecule has 0 spiro atoms. The van der Waals surface area contributed by atoms with Crippen molar-refractivity contribution in [2.24, 2.45) is 0 Å². The molecule has 3 rings (SSSR count). The number of ether oxygens (including phenoxy) is 1. The lowest BCUT2D eigenvalue weighted by Crippen LogP contribution is -2.40. The van der Waals surface area contributed by atoms with Crippen LogP contribution in [0.25, 0.3) is 11.5 Å². The van der Waals surface area contributed by atoms with Gasteiger partial charge in [0.25, 0.3) is 5.89 Å². The number of hydrogen-bond acceptors (Lipinski definition) is 5. The first-order valence-corrected chi connectivity index (χ1v) is 7.17. The molecule has 0 unspecified atom stereocenters. The van der Waals surface area contributed by atoms with Gasteiger partial charge in [-0.05, 0) is 12.1 Å². The Kier molecular flexibility index (Phi) is 4.43. The first-order chi connectivity index (χ1) is 10.7. The maximum Gasteiger partial charge on any atom is 0.250 e. The standard InChI is InChI=1S/C15H16FN3O3/c16-12-4-2-1-3-11(12)15-18-17-13(22-15)5-6-14(20)19-7-9-21-10-8-19/h1-4H,5-10H2. The number of benzene rings is 1. The summed E-state index contributed by atoms with van der Waals surface area (Å²) < 4.78 is 24.3. The number of rotatable bonds is 4. The minimum atomic E-state index is -0.415. The van der Waals surface area contributed by atoms with Gasteiger partial charge in [0.2, 0.25) is 11.8 Å². The van der Waals surface area contributed by atoms with E-state index in [9.17, 15) is 9.18 Å². The van der Waals surface area contributed by atoms with E-state index in [0.717, 1.165) is 0 Å². The van der Waals surface area contributed by atoms with Gasteiger partial charge in [-0.15, -0.1) is 10.2 Å². The van der Waals surface area contributed by atoms with Crippen LogP contribution in [0.5, 0.6) is 0 Å². The van der Waals surface area contributed by atoms with Gasteiger partial charge in [0.05, 0.1) is 18.8 Å². The predicted molar refractivity (Wildman–Crippen MR) is 75.4 cm³/mol. The van der Waals surface area contributed by atoms with Crippen LogP contribution in [0.2, 0.25) is 0 Å². The number of aromatic nitrogens is 2. The molecule has 2 heterocycles. The number of nitrogens with zero attached hydrogens (tertiary/aromatic N) is 3. The topological polar surface area (TPSA) is 68.5 Å². The van der Waals surface area contributed by atoms with Crippen LogP contribution in [-0.2, 0) is 16.0 Å². The van der Waals surface area contributed by atoms with Crippen molar-refractivity contribution in [3.63, 3.8) is 0 Å². The van der Waals surface area contributed by atoms with Gasteiger partial charge in [0.1, 0.15) is 5.82 Å². The first-order valence-electron chi connectivity index (χ1n) is 7.17. The van der Waals surface area contributed by atoms with E-state index in [0.29, 0.717) is 45.0 Å². The number of aryl methyl sites for hydroxylation is 1. The van der Waals surface area contributed by atoms with Crippen molar-refractivity contribution in [2.45, 2.75) is 12.8 Å². The summed E-state index contributed by atoms with van der Waals surface area (Å²) in [6.45, 7) is 2.37. The predicted octanol–water partition coefficient (Wildman–Crippen LogP) is 1.67. The average molecular weight is 305 g/mol. The van der Waals surface area contributed by atoms with Crippen LogP contribution in [-0.4, -0.2) is 47.3 Å². The minimum absolute atomic E-state index is 0.0361. The third-order valence-corrected chi connectivity index (χ3v) is 3.49. The zero-order valence-corrected chi connectivity index (χ0v) is 12.0. The highest BCUT2D eigenvalue weighted by Crippen LogP contribution is 2.21. The van der Waals surface area contributed by atoms with E-state index in [4.69, 9.17) is 9.15 Å². The second kappa shape index (κ2) is 6.65. The van der Waals surface area contributed by atoms with Gasteiger partial charge < -0.3 is 14.1 Å². The van der Waals surface area contributed by atoms with E-state index in [1.807, 2.05) is 0 Å². The van der Waals surface area contributed by atoms with Crippen LogP contribution >= 0.6 is 0 Å². The fourth-order valence-electron chi connectivity index (χ4n) is 2.28. The molecule has 1 saturated heterocycles. The van der Waals surface area contributed by atoms with Crippen molar-refractivity contribution in [3.05, 3.63) is 36.0 Å². The van der Waals surface area contributed by atoms with Crippen molar-refractivity contribution < 1.29 is 18.3 Å². The Balaban J connectivity index is 1.60. The summed E-state index contributed by atoms with van der Waals surface area (Å²) in [6, 6.07) is 6.20. The van der Waals surface area contributed by atoms with Crippen molar-refractivity contribution in [3.8, 4) is 11.5 Å². The highest BCUT2D eigenvalue weighted by molar-refractivity contribution is 5.76. The monoisotopic (exact) mass is 305 g/mol. The molecule has 116 valence electrons. The number of halogens is 1. The lowest BCUT2D eigenvalue weighted by Gasteiger charge is -2.26. The Morgan fingerprint density at radius 3 is 2.77 bits per heavy atom. The highest BCUT2D eigenvalue weighted by atomic mass is 19.1. The number of carbonyl (C=O) groups is 1. The van der Waals surface area contributed by atoms with Crippen LogP contribution in [0.1, 0.15) is 12.3 Å². The van der Waals surface area contributed by atoms with E-state index in [2.05, 4.69) is 10.2 Å². The third-order valence-electron chi connectivity index (χ3n) is 3.49. The number of amides is 1. The van der Waals surface area contributed by atoms with Gasteiger partial charge in [-0.2, -0.15) is 0 Å². The fraction of sp³-hybridized carbons (Fsp3) is 0.400. The Bertz CT molecular complexity index is 653. The quantitative estimate of drug-likeness (QED) is 0.859. The smallest absolute Gasteiger partial charge is 0.250 e. The van der Waals surface area contributed by atoms with Crippen LogP contribution in [0, 0.1) is 5.82 Å². The van der Waals surface area contributed by atoms with E-state index in [-0.39, 0.29) is 17.4 Å². The molecule has 1 aromatic heterocycles. The molecule has 2 aromatic rings. The SMILES string of the molecule is O=C(CCc1nnc(-c2ccccc2F)o1)N1CCOCC1. The molecule has 1 fully saturated rings. The van der Waals surface area contributed by atoms with Crippen molar-refractivity contribution in [1.29, 1.82) is 0 Å². The molecule has 1 amide bonds. The van der Waals surface area contributed by atoms with Crippen LogP contribution < -0.4 is 0 Å². The molecule has 1 aliphatic heterocycles. The van der Waals surface area contributed by atoms with Gasteiger partial charge in [0.15, 0.2) is 0 Å². The summed E-state index contributed by atoms with van der Waals surface area (Å²) in [5, 5.41) is 7.71. The van der Waals surface area contributed by atoms with Crippen LogP contribution in [0.15, 0.2) is 28.7 Å². The van der Waals surface area contributed by atoms with Crippen LogP contribution in [0.3, 0.4) is 0 Å². The van der Waals surface area contributed by atoms with Gasteiger partial charge in [-0.25, -0.2) is 4.39 Å². The van der Waals surface area contributed by atoms with Crippen molar-refractivity contribution >= 4 is 5.91 Å². The number of morpholine rings is 1. The molecule has 22 heavy (non-hydrogen) atoms. The lowest BCUT2D eigenvalue weighted by molar-refractivity contribution is -0.135. The summed E-state index contributed by atoms with van der Waals surface area (Å²) >= 11 is 0.